The number of hydrogen-bond donors (Lipinski definition) is 1. The molecule has 0 bridgehead atoms. The first kappa shape index (κ1) is 29.9. The molecule has 3 aliphatic heterocycles. The van der Waals surface area contributed by atoms with E-state index in [1.807, 2.05) is 18.1 Å². The summed E-state index contributed by atoms with van der Waals surface area (Å²) < 4.78 is 21.0. The number of anilines is 2. The third-order valence-electron chi connectivity index (χ3n) is 9.49. The summed E-state index contributed by atoms with van der Waals surface area (Å²) in [6.07, 6.45) is 4.44. The first-order valence-electron chi connectivity index (χ1n) is 15.3. The van der Waals surface area contributed by atoms with E-state index in [-0.39, 0.29) is 30.5 Å². The van der Waals surface area contributed by atoms with E-state index in [0.717, 1.165) is 35.6 Å². The van der Waals surface area contributed by atoms with Crippen LogP contribution >= 0.6 is 0 Å². The Balaban J connectivity index is 1.34. The molecular weight excluding hydrogens is 559 g/mol. The van der Waals surface area contributed by atoms with Crippen molar-refractivity contribution in [2.75, 3.05) is 62.7 Å². The van der Waals surface area contributed by atoms with Crippen molar-refractivity contribution in [3.05, 3.63) is 64.8 Å². The second kappa shape index (κ2) is 11.7. The molecule has 0 aliphatic carbocycles. The Hall–Kier alpha value is -4.17. The quantitative estimate of drug-likeness (QED) is 0.323. The van der Waals surface area contributed by atoms with Crippen LogP contribution in [0.3, 0.4) is 0 Å². The Morgan fingerprint density at radius 1 is 1.27 bits per heavy atom. The summed E-state index contributed by atoms with van der Waals surface area (Å²) in [5.41, 5.74) is 5.52. The SMILES string of the molecule is [C-]#[N+]C[C@H]1CN(c2nc(OC[C@@H]3CC(C)(F)CN3C)nc3c2CCN(c2c(C)c(C)cc4[nH]ccc24)C3)CCN1C(=O)C=C. The van der Waals surface area contributed by atoms with Crippen LogP contribution in [0.25, 0.3) is 15.7 Å². The standard InChI is InChI=1S/C33H41FN8O2/c1-7-29(43)42-13-12-41(17-24(42)16-35-5)31-26-9-11-40(30-22(3)21(2)14-27-25(30)8-10-36-27)18-28(26)37-32(38-31)44-19-23-15-33(4,34)20-39(23)6/h7-8,10,14,23-24,36H,1,9,11-13,15-20H2,2-4,6H3/t23-,24-,33?/m0/s1. The number of aryl methyl sites for hydroxylation is 1. The number of halogens is 1. The van der Waals surface area contributed by atoms with Gasteiger partial charge in [0.2, 0.25) is 12.5 Å². The average molecular weight is 601 g/mol. The highest BCUT2D eigenvalue weighted by Gasteiger charge is 2.40. The van der Waals surface area contributed by atoms with E-state index in [1.54, 1.807) is 11.8 Å². The Morgan fingerprint density at radius 3 is 2.82 bits per heavy atom. The van der Waals surface area contributed by atoms with Gasteiger partial charge in [0.05, 0.1) is 12.2 Å². The Morgan fingerprint density at radius 2 is 2.09 bits per heavy atom. The second-order valence-electron chi connectivity index (χ2n) is 12.7. The Labute approximate surface area is 258 Å². The lowest BCUT2D eigenvalue weighted by atomic mass is 9.99. The number of piperazine rings is 1. The number of carbonyl (C=O) groups excluding carboxylic acids is 1. The third-order valence-corrected chi connectivity index (χ3v) is 9.49. The van der Waals surface area contributed by atoms with E-state index in [9.17, 15) is 9.18 Å². The van der Waals surface area contributed by atoms with Crippen LogP contribution in [-0.4, -0.2) is 101 Å². The molecule has 10 nitrogen and oxygen atoms in total. The van der Waals surface area contributed by atoms with Gasteiger partial charge in [-0.2, -0.15) is 9.97 Å². The van der Waals surface area contributed by atoms with Crippen LogP contribution in [0.1, 0.15) is 35.7 Å². The van der Waals surface area contributed by atoms with Crippen LogP contribution in [0.5, 0.6) is 6.01 Å². The lowest BCUT2D eigenvalue weighted by Crippen LogP contribution is -2.56. The number of likely N-dealkylation sites (N-methyl/N-ethyl adjacent to an activating group) is 1. The molecule has 1 unspecified atom stereocenters. The van der Waals surface area contributed by atoms with Gasteiger partial charge in [-0.1, -0.05) is 6.58 Å². The van der Waals surface area contributed by atoms with Gasteiger partial charge in [-0.3, -0.25) is 9.69 Å². The number of likely N-dealkylation sites (tertiary alicyclic amines) is 1. The first-order valence-corrected chi connectivity index (χ1v) is 15.3. The van der Waals surface area contributed by atoms with Crippen molar-refractivity contribution in [2.24, 2.45) is 0 Å². The number of ether oxygens (including phenoxy) is 1. The molecule has 1 N–H and O–H groups in total. The molecule has 5 heterocycles. The van der Waals surface area contributed by atoms with Gasteiger partial charge in [0.1, 0.15) is 24.1 Å². The number of aromatic amines is 1. The van der Waals surface area contributed by atoms with Crippen molar-refractivity contribution in [1.29, 1.82) is 0 Å². The van der Waals surface area contributed by atoms with Gasteiger partial charge >= 0.3 is 6.01 Å². The summed E-state index contributed by atoms with van der Waals surface area (Å²) in [6, 6.07) is 4.26. The first-order chi connectivity index (χ1) is 21.1. The maximum absolute atomic E-state index is 14.7. The zero-order valence-electron chi connectivity index (χ0n) is 26.1. The highest BCUT2D eigenvalue weighted by atomic mass is 19.1. The van der Waals surface area contributed by atoms with Crippen LogP contribution in [0.2, 0.25) is 0 Å². The predicted octanol–water partition coefficient (Wildman–Crippen LogP) is 4.07. The number of H-pyrrole nitrogens is 1. The minimum absolute atomic E-state index is 0.0714. The number of nitrogens with one attached hydrogen (secondary N) is 1. The average Bonchev–Trinajstić information content (AvgIpc) is 3.57. The van der Waals surface area contributed by atoms with E-state index in [2.05, 4.69) is 52.2 Å². The number of alkyl halides is 1. The van der Waals surface area contributed by atoms with Crippen molar-refractivity contribution in [2.45, 2.75) is 57.9 Å². The third kappa shape index (κ3) is 5.59. The smallest absolute Gasteiger partial charge is 0.318 e. The molecule has 2 aromatic heterocycles. The number of carbonyl (C=O) groups is 1. The summed E-state index contributed by atoms with van der Waals surface area (Å²) in [7, 11) is 1.92. The lowest BCUT2D eigenvalue weighted by Gasteiger charge is -2.41. The number of hydrogen-bond acceptors (Lipinski definition) is 7. The second-order valence-corrected chi connectivity index (χ2v) is 12.7. The Kier molecular flexibility index (Phi) is 7.97. The minimum atomic E-state index is -1.25. The summed E-state index contributed by atoms with van der Waals surface area (Å²) in [5, 5.41) is 1.19. The molecule has 1 aromatic carbocycles. The van der Waals surface area contributed by atoms with Gasteiger partial charge in [-0.05, 0) is 63.6 Å². The van der Waals surface area contributed by atoms with Gasteiger partial charge in [0.25, 0.3) is 0 Å². The fraction of sp³-hybridized carbons (Fsp3) is 0.515. The van der Waals surface area contributed by atoms with Crippen LogP contribution in [0, 0.1) is 20.4 Å². The molecule has 3 aromatic rings. The van der Waals surface area contributed by atoms with Gasteiger partial charge in [0, 0.05) is 73.5 Å². The van der Waals surface area contributed by atoms with Crippen LogP contribution < -0.4 is 14.5 Å². The number of benzene rings is 1. The topological polar surface area (TPSA) is 85.2 Å². The number of nitrogens with zero attached hydrogens (tertiary/aromatic N) is 7. The van der Waals surface area contributed by atoms with Crippen molar-refractivity contribution in [3.63, 3.8) is 0 Å². The summed E-state index contributed by atoms with van der Waals surface area (Å²) in [4.78, 5) is 37.7. The molecule has 0 saturated carbocycles. The van der Waals surface area contributed by atoms with Gasteiger partial charge < -0.3 is 29.3 Å². The molecule has 2 fully saturated rings. The summed E-state index contributed by atoms with van der Waals surface area (Å²) >= 11 is 0. The molecule has 0 radical (unpaired) electrons. The fourth-order valence-corrected chi connectivity index (χ4v) is 7.17. The van der Waals surface area contributed by atoms with E-state index in [4.69, 9.17) is 21.3 Å². The lowest BCUT2D eigenvalue weighted by molar-refractivity contribution is -0.128. The maximum atomic E-state index is 14.7. The van der Waals surface area contributed by atoms with Gasteiger partial charge in [0.15, 0.2) is 0 Å². The molecule has 44 heavy (non-hydrogen) atoms. The molecule has 2 saturated heterocycles. The predicted molar refractivity (Wildman–Crippen MR) is 170 cm³/mol. The fourth-order valence-electron chi connectivity index (χ4n) is 7.17. The largest absolute Gasteiger partial charge is 0.462 e. The molecule has 6 rings (SSSR count). The number of rotatable bonds is 7. The summed E-state index contributed by atoms with van der Waals surface area (Å²) in [6.45, 7) is 20.9. The number of fused-ring (bicyclic) bond motifs is 2. The van der Waals surface area contributed by atoms with Crippen molar-refractivity contribution in [3.8, 4) is 6.01 Å². The highest BCUT2D eigenvalue weighted by molar-refractivity contribution is 5.95. The molecule has 3 atom stereocenters. The number of aromatic nitrogens is 3. The monoisotopic (exact) mass is 600 g/mol. The maximum Gasteiger partial charge on any atom is 0.318 e. The van der Waals surface area contributed by atoms with Crippen LogP contribution in [0.4, 0.5) is 15.9 Å². The van der Waals surface area contributed by atoms with E-state index < -0.39 is 5.67 Å². The van der Waals surface area contributed by atoms with Crippen molar-refractivity contribution >= 4 is 28.3 Å². The molecule has 3 aliphatic rings. The van der Waals surface area contributed by atoms with Crippen molar-refractivity contribution < 1.29 is 13.9 Å². The molecule has 11 heteroatoms. The normalized spacial score (nSPS) is 24.0. The van der Waals surface area contributed by atoms with Gasteiger partial charge in [-0.25, -0.2) is 11.0 Å². The van der Waals surface area contributed by atoms with Crippen LogP contribution in [0.15, 0.2) is 31.0 Å². The Bertz CT molecular complexity index is 1630. The van der Waals surface area contributed by atoms with E-state index in [0.29, 0.717) is 45.8 Å². The van der Waals surface area contributed by atoms with E-state index in [1.165, 1.54) is 28.3 Å². The van der Waals surface area contributed by atoms with Crippen molar-refractivity contribution in [1.82, 2.24) is 24.8 Å². The zero-order chi connectivity index (χ0) is 31.2. The summed E-state index contributed by atoms with van der Waals surface area (Å²) in [5.74, 6) is 0.640. The minimum Gasteiger partial charge on any atom is -0.462 e. The highest BCUT2D eigenvalue weighted by Crippen LogP contribution is 2.38. The molecular formula is C33H41FN8O2. The number of amides is 1. The molecule has 0 spiro atoms. The van der Waals surface area contributed by atoms with Gasteiger partial charge in [-0.15, -0.1) is 0 Å². The molecule has 1 amide bonds. The van der Waals surface area contributed by atoms with Crippen LogP contribution in [-0.2, 0) is 17.8 Å². The zero-order valence-corrected chi connectivity index (χ0v) is 26.1. The van der Waals surface area contributed by atoms with E-state index >= 15 is 0 Å². The molecule has 232 valence electrons.